The van der Waals surface area contributed by atoms with E-state index in [0.29, 0.717) is 24.2 Å². The van der Waals surface area contributed by atoms with Crippen molar-refractivity contribution in [2.75, 3.05) is 13.6 Å². The van der Waals surface area contributed by atoms with Crippen molar-refractivity contribution in [2.45, 2.75) is 19.4 Å². The van der Waals surface area contributed by atoms with E-state index in [9.17, 15) is 9.18 Å². The van der Waals surface area contributed by atoms with Crippen molar-refractivity contribution in [1.29, 1.82) is 0 Å². The molecule has 2 aromatic rings. The number of hydrogen-bond acceptors (Lipinski definition) is 4. The maximum Gasteiger partial charge on any atom is 0.270 e. The van der Waals surface area contributed by atoms with E-state index < -0.39 is 0 Å². The standard InChI is InChI=1S/C15H18FN3OS/c1-10(17-2)8-18-15(20)13-9-21-14(19-13)7-11-5-3-4-6-12(11)16/h3-6,9-10,17H,7-8H2,1-2H3,(H,18,20). The lowest BCUT2D eigenvalue weighted by Gasteiger charge is -2.10. The Morgan fingerprint density at radius 2 is 2.19 bits per heavy atom. The van der Waals surface area contributed by atoms with E-state index in [2.05, 4.69) is 15.6 Å². The Morgan fingerprint density at radius 1 is 1.43 bits per heavy atom. The Morgan fingerprint density at radius 3 is 2.90 bits per heavy atom. The summed E-state index contributed by atoms with van der Waals surface area (Å²) >= 11 is 1.37. The molecule has 2 rings (SSSR count). The molecule has 0 aliphatic rings. The Kier molecular flexibility index (Phi) is 5.41. The second-order valence-electron chi connectivity index (χ2n) is 4.79. The number of likely N-dealkylation sites (N-methyl/N-ethyl adjacent to an activating group) is 1. The van der Waals surface area contributed by atoms with Crippen molar-refractivity contribution in [3.8, 4) is 0 Å². The van der Waals surface area contributed by atoms with Crippen molar-refractivity contribution in [2.24, 2.45) is 0 Å². The summed E-state index contributed by atoms with van der Waals surface area (Å²) in [5, 5.41) is 8.28. The Hall–Kier alpha value is -1.79. The first-order valence-corrected chi connectivity index (χ1v) is 7.61. The maximum atomic E-state index is 13.6. The zero-order chi connectivity index (χ0) is 15.2. The highest BCUT2D eigenvalue weighted by Gasteiger charge is 2.12. The molecule has 21 heavy (non-hydrogen) atoms. The zero-order valence-corrected chi connectivity index (χ0v) is 12.8. The monoisotopic (exact) mass is 307 g/mol. The van der Waals surface area contributed by atoms with Crippen LogP contribution in [0.3, 0.4) is 0 Å². The molecule has 4 nitrogen and oxygen atoms in total. The van der Waals surface area contributed by atoms with Gasteiger partial charge in [-0.15, -0.1) is 11.3 Å². The van der Waals surface area contributed by atoms with E-state index in [0.717, 1.165) is 5.01 Å². The van der Waals surface area contributed by atoms with E-state index in [1.807, 2.05) is 14.0 Å². The van der Waals surface area contributed by atoms with Gasteiger partial charge in [-0.05, 0) is 25.6 Å². The van der Waals surface area contributed by atoms with Crippen molar-refractivity contribution in [1.82, 2.24) is 15.6 Å². The van der Waals surface area contributed by atoms with Crippen LogP contribution >= 0.6 is 11.3 Å². The Labute approximate surface area is 127 Å². The van der Waals surface area contributed by atoms with Crippen molar-refractivity contribution >= 4 is 17.2 Å². The number of aromatic nitrogens is 1. The number of thiazole rings is 1. The van der Waals surface area contributed by atoms with Crippen LogP contribution in [0.5, 0.6) is 0 Å². The summed E-state index contributed by atoms with van der Waals surface area (Å²) < 4.78 is 13.6. The molecule has 1 unspecified atom stereocenters. The average Bonchev–Trinajstić information content (AvgIpc) is 2.95. The normalized spacial score (nSPS) is 12.1. The molecule has 1 amide bonds. The summed E-state index contributed by atoms with van der Waals surface area (Å²) in [5.41, 5.74) is 0.970. The molecule has 0 aliphatic heterocycles. The zero-order valence-electron chi connectivity index (χ0n) is 12.0. The van der Waals surface area contributed by atoms with E-state index in [1.165, 1.54) is 17.4 Å². The van der Waals surface area contributed by atoms with Crippen molar-refractivity contribution in [3.05, 3.63) is 51.7 Å². The van der Waals surface area contributed by atoms with Crippen LogP contribution < -0.4 is 10.6 Å². The second-order valence-corrected chi connectivity index (χ2v) is 5.74. The van der Waals surface area contributed by atoms with Crippen LogP contribution in [0.4, 0.5) is 4.39 Å². The molecule has 0 saturated heterocycles. The van der Waals surface area contributed by atoms with Gasteiger partial charge in [0.2, 0.25) is 0 Å². The highest BCUT2D eigenvalue weighted by atomic mass is 32.1. The molecule has 1 heterocycles. The molecule has 6 heteroatoms. The predicted molar refractivity (Wildman–Crippen MR) is 82.2 cm³/mol. The third kappa shape index (κ3) is 4.34. The van der Waals surface area contributed by atoms with Gasteiger partial charge in [-0.1, -0.05) is 18.2 Å². The number of nitrogens with one attached hydrogen (secondary N) is 2. The van der Waals surface area contributed by atoms with Gasteiger partial charge in [0.15, 0.2) is 0 Å². The lowest BCUT2D eigenvalue weighted by molar-refractivity contribution is 0.0946. The highest BCUT2D eigenvalue weighted by molar-refractivity contribution is 7.09. The minimum atomic E-state index is -0.249. The maximum absolute atomic E-state index is 13.6. The Bertz CT molecular complexity index is 614. The molecule has 0 fully saturated rings. The van der Waals surface area contributed by atoms with Gasteiger partial charge in [-0.2, -0.15) is 0 Å². The minimum Gasteiger partial charge on any atom is -0.349 e. The van der Waals surface area contributed by atoms with Gasteiger partial charge in [0, 0.05) is 24.4 Å². The molecular weight excluding hydrogens is 289 g/mol. The number of carbonyl (C=O) groups excluding carboxylic acids is 1. The molecule has 1 aromatic heterocycles. The van der Waals surface area contributed by atoms with Gasteiger partial charge in [0.1, 0.15) is 11.5 Å². The average molecular weight is 307 g/mol. The van der Waals surface area contributed by atoms with Crippen LogP contribution in [-0.2, 0) is 6.42 Å². The van der Waals surface area contributed by atoms with Gasteiger partial charge in [-0.25, -0.2) is 9.37 Å². The first kappa shape index (κ1) is 15.6. The lowest BCUT2D eigenvalue weighted by Crippen LogP contribution is -2.37. The van der Waals surface area contributed by atoms with Crippen LogP contribution in [0.1, 0.15) is 28.0 Å². The fourth-order valence-electron chi connectivity index (χ4n) is 1.74. The van der Waals surface area contributed by atoms with E-state index in [-0.39, 0.29) is 17.8 Å². The smallest absolute Gasteiger partial charge is 0.270 e. The number of benzene rings is 1. The molecule has 2 N–H and O–H groups in total. The third-order valence-corrected chi connectivity index (χ3v) is 3.99. The molecule has 0 aliphatic carbocycles. The van der Waals surface area contributed by atoms with Gasteiger partial charge in [0.05, 0.1) is 5.01 Å². The number of halogens is 1. The molecule has 112 valence electrons. The molecular formula is C15H18FN3OS. The number of carbonyl (C=O) groups is 1. The van der Waals surface area contributed by atoms with Gasteiger partial charge in [0.25, 0.3) is 5.91 Å². The summed E-state index contributed by atoms with van der Waals surface area (Å²) in [7, 11) is 1.84. The van der Waals surface area contributed by atoms with Crippen LogP contribution in [0.15, 0.2) is 29.6 Å². The van der Waals surface area contributed by atoms with Gasteiger partial charge in [-0.3, -0.25) is 4.79 Å². The first-order chi connectivity index (χ1) is 10.1. The van der Waals surface area contributed by atoms with Crippen LogP contribution in [0.2, 0.25) is 0 Å². The lowest BCUT2D eigenvalue weighted by atomic mass is 10.1. The summed E-state index contributed by atoms with van der Waals surface area (Å²) in [6.45, 7) is 2.51. The second kappa shape index (κ2) is 7.28. The largest absolute Gasteiger partial charge is 0.349 e. The summed E-state index contributed by atoms with van der Waals surface area (Å²) in [6.07, 6.45) is 0.400. The van der Waals surface area contributed by atoms with E-state index in [1.54, 1.807) is 23.6 Å². The van der Waals surface area contributed by atoms with Crippen LogP contribution in [-0.4, -0.2) is 30.5 Å². The third-order valence-electron chi connectivity index (χ3n) is 3.15. The SMILES string of the molecule is CNC(C)CNC(=O)c1csc(Cc2ccccc2F)n1. The summed E-state index contributed by atoms with van der Waals surface area (Å²) in [5.74, 6) is -0.449. The van der Waals surface area contributed by atoms with Crippen LogP contribution in [0.25, 0.3) is 0 Å². The molecule has 0 radical (unpaired) electrons. The molecule has 0 bridgehead atoms. The summed E-state index contributed by atoms with van der Waals surface area (Å²) in [6, 6.07) is 6.80. The quantitative estimate of drug-likeness (QED) is 0.860. The number of nitrogens with zero attached hydrogens (tertiary/aromatic N) is 1. The molecule has 0 saturated carbocycles. The molecule has 1 aromatic carbocycles. The van der Waals surface area contributed by atoms with Crippen molar-refractivity contribution < 1.29 is 9.18 Å². The van der Waals surface area contributed by atoms with E-state index >= 15 is 0 Å². The molecule has 1 atom stereocenters. The van der Waals surface area contributed by atoms with Gasteiger partial charge < -0.3 is 10.6 Å². The van der Waals surface area contributed by atoms with Crippen LogP contribution in [0, 0.1) is 5.82 Å². The number of rotatable bonds is 6. The van der Waals surface area contributed by atoms with Crippen molar-refractivity contribution in [3.63, 3.8) is 0 Å². The highest BCUT2D eigenvalue weighted by Crippen LogP contribution is 2.16. The fourth-order valence-corrected chi connectivity index (χ4v) is 2.54. The number of hydrogen-bond donors (Lipinski definition) is 2. The topological polar surface area (TPSA) is 54.0 Å². The van der Waals surface area contributed by atoms with Gasteiger partial charge >= 0.3 is 0 Å². The first-order valence-electron chi connectivity index (χ1n) is 6.73. The predicted octanol–water partition coefficient (Wildman–Crippen LogP) is 2.21. The molecule has 0 spiro atoms. The summed E-state index contributed by atoms with van der Waals surface area (Å²) in [4.78, 5) is 16.2. The Balaban J connectivity index is 1.98. The minimum absolute atomic E-state index is 0.200. The van der Waals surface area contributed by atoms with E-state index in [4.69, 9.17) is 0 Å². The fraction of sp³-hybridized carbons (Fsp3) is 0.333. The number of amides is 1.